The maximum Gasteiger partial charge on any atom is 0.252 e. The lowest BCUT2D eigenvalue weighted by Crippen LogP contribution is -2.27. The highest BCUT2D eigenvalue weighted by molar-refractivity contribution is 5.95. The second-order valence-corrected chi connectivity index (χ2v) is 7.04. The zero-order chi connectivity index (χ0) is 19.7. The number of hydrogen-bond donors (Lipinski definition) is 2. The van der Waals surface area contributed by atoms with Gasteiger partial charge in [0.1, 0.15) is 12.4 Å². The summed E-state index contributed by atoms with van der Waals surface area (Å²) >= 11 is 0. The van der Waals surface area contributed by atoms with Crippen LogP contribution in [0.3, 0.4) is 0 Å². The van der Waals surface area contributed by atoms with Crippen LogP contribution < -0.4 is 15.6 Å². The molecule has 0 radical (unpaired) electrons. The van der Waals surface area contributed by atoms with Crippen LogP contribution in [0.5, 0.6) is 5.75 Å². The van der Waals surface area contributed by atoms with Crippen LogP contribution in [-0.2, 0) is 9.53 Å². The van der Waals surface area contributed by atoms with E-state index in [2.05, 4.69) is 10.3 Å². The Kier molecular flexibility index (Phi) is 4.88. The molecule has 144 valence electrons. The Morgan fingerprint density at radius 1 is 1.04 bits per heavy atom. The van der Waals surface area contributed by atoms with Gasteiger partial charge in [0.2, 0.25) is 5.91 Å². The third-order valence-corrected chi connectivity index (χ3v) is 5.03. The number of aromatic nitrogens is 1. The molecule has 0 fully saturated rings. The van der Waals surface area contributed by atoms with Gasteiger partial charge in [-0.3, -0.25) is 9.59 Å². The Balaban J connectivity index is 1.74. The number of fused-ring (bicyclic) bond motifs is 2. The zero-order valence-electron chi connectivity index (χ0n) is 15.9. The number of methoxy groups -OCH3 is 1. The van der Waals surface area contributed by atoms with Crippen LogP contribution in [0.2, 0.25) is 0 Å². The summed E-state index contributed by atoms with van der Waals surface area (Å²) in [7, 11) is 1.61. The lowest BCUT2D eigenvalue weighted by Gasteiger charge is -2.26. The smallest absolute Gasteiger partial charge is 0.252 e. The van der Waals surface area contributed by atoms with Crippen LogP contribution in [0.15, 0.2) is 47.3 Å². The number of ether oxygens (including phenoxy) is 2. The molecule has 6 heteroatoms. The van der Waals surface area contributed by atoms with Crippen molar-refractivity contribution < 1.29 is 14.3 Å². The third kappa shape index (κ3) is 3.51. The van der Waals surface area contributed by atoms with Crippen molar-refractivity contribution in [2.75, 3.05) is 25.6 Å². The molecule has 1 aliphatic heterocycles. The van der Waals surface area contributed by atoms with Gasteiger partial charge in [-0.1, -0.05) is 18.2 Å². The fraction of sp³-hybridized carbons (Fsp3) is 0.273. The van der Waals surface area contributed by atoms with Crippen LogP contribution in [0.25, 0.3) is 10.9 Å². The van der Waals surface area contributed by atoms with Gasteiger partial charge in [-0.25, -0.2) is 0 Å². The minimum Gasteiger partial charge on any atom is -0.491 e. The van der Waals surface area contributed by atoms with Crippen LogP contribution >= 0.6 is 0 Å². The van der Waals surface area contributed by atoms with E-state index in [1.807, 2.05) is 43.3 Å². The number of carbonyl (C=O) groups excluding carboxylic acids is 1. The monoisotopic (exact) mass is 378 g/mol. The van der Waals surface area contributed by atoms with Gasteiger partial charge < -0.3 is 19.8 Å². The number of amides is 1. The van der Waals surface area contributed by atoms with E-state index in [0.717, 1.165) is 22.0 Å². The molecule has 1 aromatic heterocycles. The SMILES string of the molecule is COCCOc1ccc2c(c1)NC(=O)CC2c1cc2ccc(C)cc2[nH]c1=O. The second-order valence-electron chi connectivity index (χ2n) is 7.04. The molecule has 2 N–H and O–H groups in total. The van der Waals surface area contributed by atoms with E-state index >= 15 is 0 Å². The molecule has 1 unspecified atom stereocenters. The number of carbonyl (C=O) groups is 1. The predicted octanol–water partition coefficient (Wildman–Crippen LogP) is 3.34. The largest absolute Gasteiger partial charge is 0.491 e. The first-order valence-electron chi connectivity index (χ1n) is 9.24. The Labute approximate surface area is 162 Å². The minimum atomic E-state index is -0.300. The third-order valence-electron chi connectivity index (χ3n) is 5.03. The first-order chi connectivity index (χ1) is 13.5. The molecule has 0 saturated carbocycles. The summed E-state index contributed by atoms with van der Waals surface area (Å²) < 4.78 is 10.6. The molecule has 1 atom stereocenters. The molecule has 4 rings (SSSR count). The van der Waals surface area contributed by atoms with Crippen molar-refractivity contribution in [1.82, 2.24) is 4.98 Å². The summed E-state index contributed by atoms with van der Waals surface area (Å²) in [6.45, 7) is 2.90. The molecule has 0 bridgehead atoms. The Bertz CT molecular complexity index is 1100. The number of benzene rings is 2. The summed E-state index contributed by atoms with van der Waals surface area (Å²) in [6, 6.07) is 13.4. The van der Waals surface area contributed by atoms with Gasteiger partial charge in [-0.05, 0) is 41.6 Å². The van der Waals surface area contributed by atoms with Crippen molar-refractivity contribution in [2.24, 2.45) is 0 Å². The quantitative estimate of drug-likeness (QED) is 0.668. The van der Waals surface area contributed by atoms with Gasteiger partial charge in [-0.15, -0.1) is 0 Å². The first kappa shape index (κ1) is 18.3. The van der Waals surface area contributed by atoms with Crippen LogP contribution in [-0.4, -0.2) is 31.2 Å². The van der Waals surface area contributed by atoms with Gasteiger partial charge >= 0.3 is 0 Å². The Morgan fingerprint density at radius 2 is 1.89 bits per heavy atom. The number of hydrogen-bond acceptors (Lipinski definition) is 4. The van der Waals surface area contributed by atoms with Gasteiger partial charge in [-0.2, -0.15) is 0 Å². The summed E-state index contributed by atoms with van der Waals surface area (Å²) in [6.07, 6.45) is 0.233. The predicted molar refractivity (Wildman–Crippen MR) is 108 cm³/mol. The Morgan fingerprint density at radius 3 is 2.71 bits per heavy atom. The van der Waals surface area contributed by atoms with Gasteiger partial charge in [0.15, 0.2) is 0 Å². The number of H-pyrrole nitrogens is 1. The lowest BCUT2D eigenvalue weighted by molar-refractivity contribution is -0.116. The van der Waals surface area contributed by atoms with Gasteiger partial charge in [0, 0.05) is 42.3 Å². The molecular weight excluding hydrogens is 356 g/mol. The molecule has 2 aromatic carbocycles. The molecule has 0 saturated heterocycles. The molecule has 6 nitrogen and oxygen atoms in total. The number of pyridine rings is 1. The number of rotatable bonds is 5. The highest BCUT2D eigenvalue weighted by atomic mass is 16.5. The van der Waals surface area contributed by atoms with Crippen LogP contribution in [0.1, 0.15) is 29.0 Å². The molecule has 28 heavy (non-hydrogen) atoms. The maximum atomic E-state index is 12.8. The Hall–Kier alpha value is -3.12. The van der Waals surface area contributed by atoms with E-state index in [-0.39, 0.29) is 23.8 Å². The highest BCUT2D eigenvalue weighted by Crippen LogP contribution is 2.38. The number of aromatic amines is 1. The summed E-state index contributed by atoms with van der Waals surface area (Å²) in [5.74, 6) is 0.237. The normalized spacial score (nSPS) is 15.9. The lowest BCUT2D eigenvalue weighted by atomic mass is 9.85. The van der Waals surface area contributed by atoms with E-state index in [1.165, 1.54) is 0 Å². The van der Waals surface area contributed by atoms with Crippen molar-refractivity contribution in [3.8, 4) is 5.75 Å². The molecule has 1 amide bonds. The molecule has 1 aliphatic rings. The zero-order valence-corrected chi connectivity index (χ0v) is 15.9. The maximum absolute atomic E-state index is 12.8. The second kappa shape index (κ2) is 7.48. The van der Waals surface area contributed by atoms with Crippen molar-refractivity contribution in [3.05, 3.63) is 69.5 Å². The first-order valence-corrected chi connectivity index (χ1v) is 9.24. The minimum absolute atomic E-state index is 0.116. The fourth-order valence-electron chi connectivity index (χ4n) is 3.64. The molecule has 3 aromatic rings. The molecule has 0 spiro atoms. The van der Waals surface area contributed by atoms with E-state index in [9.17, 15) is 9.59 Å². The standard InChI is InChI=1S/C22H22N2O4/c1-13-3-4-14-10-18(22(26)24-19(14)9-13)17-12-21(25)23-20-11-15(5-6-16(17)20)28-8-7-27-2/h3-6,9-11,17H,7-8,12H2,1-2H3,(H,23,25)(H,24,26). The number of aryl methyl sites for hydroxylation is 1. The van der Waals surface area contributed by atoms with Gasteiger partial charge in [0.05, 0.1) is 6.61 Å². The van der Waals surface area contributed by atoms with E-state index in [0.29, 0.717) is 30.2 Å². The highest BCUT2D eigenvalue weighted by Gasteiger charge is 2.29. The summed E-state index contributed by atoms with van der Waals surface area (Å²) in [5.41, 5.74) is 3.91. The van der Waals surface area contributed by atoms with E-state index in [1.54, 1.807) is 13.2 Å². The van der Waals surface area contributed by atoms with E-state index in [4.69, 9.17) is 9.47 Å². The average molecular weight is 378 g/mol. The average Bonchev–Trinajstić information content (AvgIpc) is 2.66. The van der Waals surface area contributed by atoms with Crippen molar-refractivity contribution >= 4 is 22.5 Å². The summed E-state index contributed by atoms with van der Waals surface area (Å²) in [4.78, 5) is 28.1. The van der Waals surface area contributed by atoms with Gasteiger partial charge in [0.25, 0.3) is 5.56 Å². The fourth-order valence-corrected chi connectivity index (χ4v) is 3.64. The van der Waals surface area contributed by atoms with E-state index < -0.39 is 0 Å². The number of anilines is 1. The van der Waals surface area contributed by atoms with Crippen LogP contribution in [0, 0.1) is 6.92 Å². The number of nitrogens with one attached hydrogen (secondary N) is 2. The van der Waals surface area contributed by atoms with Crippen molar-refractivity contribution in [2.45, 2.75) is 19.3 Å². The molecule has 0 aliphatic carbocycles. The topological polar surface area (TPSA) is 80.4 Å². The molecule has 2 heterocycles. The molecular formula is C22H22N2O4. The van der Waals surface area contributed by atoms with Crippen LogP contribution in [0.4, 0.5) is 5.69 Å². The summed E-state index contributed by atoms with van der Waals surface area (Å²) in [5, 5.41) is 3.84. The van der Waals surface area contributed by atoms with Crippen molar-refractivity contribution in [1.29, 1.82) is 0 Å². The van der Waals surface area contributed by atoms with Crippen molar-refractivity contribution in [3.63, 3.8) is 0 Å².